The number of hydrogen-bond acceptors (Lipinski definition) is 4. The molecule has 27 heavy (non-hydrogen) atoms. The highest BCUT2D eigenvalue weighted by molar-refractivity contribution is 5.99. The number of benzene rings is 2. The maximum absolute atomic E-state index is 12.0. The summed E-state index contributed by atoms with van der Waals surface area (Å²) in [6.45, 7) is 1.99. The highest BCUT2D eigenvalue weighted by Crippen LogP contribution is 2.27. The van der Waals surface area contributed by atoms with E-state index in [2.05, 4.69) is 5.32 Å². The molecule has 140 valence electrons. The van der Waals surface area contributed by atoms with E-state index in [0.717, 1.165) is 5.56 Å². The van der Waals surface area contributed by atoms with E-state index < -0.39 is 11.9 Å². The second-order valence-electron chi connectivity index (χ2n) is 6.44. The van der Waals surface area contributed by atoms with Crippen LogP contribution in [0.2, 0.25) is 0 Å². The molecule has 1 aliphatic rings. The molecule has 3 rings (SSSR count). The van der Waals surface area contributed by atoms with E-state index >= 15 is 0 Å². The Labute approximate surface area is 156 Å². The van der Waals surface area contributed by atoms with Gasteiger partial charge in [0.2, 0.25) is 5.91 Å². The number of carbonyl (C=O) groups excluding carboxylic acids is 2. The Kier molecular flexibility index (Phi) is 5.40. The van der Waals surface area contributed by atoms with Crippen LogP contribution < -0.4 is 15.0 Å². The van der Waals surface area contributed by atoms with Gasteiger partial charge in [-0.15, -0.1) is 0 Å². The molecule has 1 saturated heterocycles. The van der Waals surface area contributed by atoms with Gasteiger partial charge in [-0.1, -0.05) is 17.7 Å². The second-order valence-corrected chi connectivity index (χ2v) is 6.44. The number of rotatable bonds is 6. The molecule has 1 heterocycles. The molecule has 0 bridgehead atoms. The maximum atomic E-state index is 12.0. The van der Waals surface area contributed by atoms with Crippen LogP contribution in [-0.4, -0.2) is 36.0 Å². The molecular formula is C20H20N2O5. The van der Waals surface area contributed by atoms with Crippen molar-refractivity contribution in [2.45, 2.75) is 13.3 Å². The highest BCUT2D eigenvalue weighted by Gasteiger charge is 2.34. The molecule has 1 aliphatic heterocycles. The second kappa shape index (κ2) is 7.90. The van der Waals surface area contributed by atoms with Gasteiger partial charge in [-0.2, -0.15) is 0 Å². The Hall–Kier alpha value is -3.35. The Bertz CT molecular complexity index is 846. The first-order valence-corrected chi connectivity index (χ1v) is 8.55. The molecule has 2 aromatic carbocycles. The van der Waals surface area contributed by atoms with E-state index in [1.807, 2.05) is 31.2 Å². The van der Waals surface area contributed by atoms with E-state index in [1.165, 1.54) is 4.90 Å². The van der Waals surface area contributed by atoms with Gasteiger partial charge in [-0.25, -0.2) is 0 Å². The SMILES string of the molecule is Cc1ccc(NC(=O)COc2ccc(N3C[C@@H](C(=O)O)CC3=O)cc2)cc1. The van der Waals surface area contributed by atoms with Crippen molar-refractivity contribution in [1.82, 2.24) is 0 Å². The van der Waals surface area contributed by atoms with E-state index in [1.54, 1.807) is 24.3 Å². The van der Waals surface area contributed by atoms with Crippen LogP contribution in [0, 0.1) is 12.8 Å². The van der Waals surface area contributed by atoms with Crippen molar-refractivity contribution in [2.75, 3.05) is 23.4 Å². The van der Waals surface area contributed by atoms with Crippen molar-refractivity contribution < 1.29 is 24.2 Å². The van der Waals surface area contributed by atoms with Crippen LogP contribution in [0.5, 0.6) is 5.75 Å². The van der Waals surface area contributed by atoms with E-state index in [-0.39, 0.29) is 31.4 Å². The predicted molar refractivity (Wildman–Crippen MR) is 99.8 cm³/mol. The van der Waals surface area contributed by atoms with Crippen molar-refractivity contribution in [3.8, 4) is 5.75 Å². The number of nitrogens with one attached hydrogen (secondary N) is 1. The molecule has 1 fully saturated rings. The highest BCUT2D eigenvalue weighted by atomic mass is 16.5. The standard InChI is InChI=1S/C20H20N2O5/c1-13-2-4-15(5-3-13)21-18(23)12-27-17-8-6-16(7-9-17)22-11-14(20(25)26)10-19(22)24/h2-9,14H,10-12H2,1H3,(H,21,23)(H,25,26)/t14-/m0/s1. The number of hydrogen-bond donors (Lipinski definition) is 2. The summed E-state index contributed by atoms with van der Waals surface area (Å²) in [4.78, 5) is 36.4. The fraction of sp³-hybridized carbons (Fsp3) is 0.250. The van der Waals surface area contributed by atoms with E-state index in [4.69, 9.17) is 9.84 Å². The summed E-state index contributed by atoms with van der Waals surface area (Å²) in [7, 11) is 0. The van der Waals surface area contributed by atoms with Crippen molar-refractivity contribution >= 4 is 29.2 Å². The van der Waals surface area contributed by atoms with E-state index in [0.29, 0.717) is 17.1 Å². The lowest BCUT2D eigenvalue weighted by Gasteiger charge is -2.16. The Morgan fingerprint density at radius 3 is 2.41 bits per heavy atom. The summed E-state index contributed by atoms with van der Waals surface area (Å²) in [5.74, 6) is -1.65. The number of ether oxygens (including phenoxy) is 1. The summed E-state index contributed by atoms with van der Waals surface area (Å²) < 4.78 is 5.46. The van der Waals surface area contributed by atoms with Gasteiger partial charge < -0.3 is 20.1 Å². The summed E-state index contributed by atoms with van der Waals surface area (Å²) in [6.07, 6.45) is 0.00671. The van der Waals surface area contributed by atoms with Gasteiger partial charge in [-0.3, -0.25) is 14.4 Å². The zero-order valence-electron chi connectivity index (χ0n) is 14.8. The lowest BCUT2D eigenvalue weighted by molar-refractivity contribution is -0.141. The molecule has 0 aromatic heterocycles. The molecule has 0 radical (unpaired) electrons. The molecule has 0 saturated carbocycles. The number of amides is 2. The van der Waals surface area contributed by atoms with Crippen LogP contribution in [0.15, 0.2) is 48.5 Å². The predicted octanol–water partition coefficient (Wildman–Crippen LogP) is 2.45. The van der Waals surface area contributed by atoms with Crippen LogP contribution in [0.25, 0.3) is 0 Å². The van der Waals surface area contributed by atoms with Gasteiger partial charge in [0.05, 0.1) is 5.92 Å². The number of carboxylic acid groups (broad SMARTS) is 1. The molecule has 0 unspecified atom stereocenters. The zero-order chi connectivity index (χ0) is 19.4. The van der Waals surface area contributed by atoms with Gasteiger partial charge in [-0.05, 0) is 43.3 Å². The number of aliphatic carboxylic acids is 1. The molecule has 1 atom stereocenters. The molecular weight excluding hydrogens is 348 g/mol. The quantitative estimate of drug-likeness (QED) is 0.816. The Morgan fingerprint density at radius 1 is 1.15 bits per heavy atom. The number of carboxylic acids is 1. The first-order valence-electron chi connectivity index (χ1n) is 8.55. The number of anilines is 2. The van der Waals surface area contributed by atoms with Crippen LogP contribution in [0.3, 0.4) is 0 Å². The van der Waals surface area contributed by atoms with Gasteiger partial charge in [0.15, 0.2) is 6.61 Å². The van der Waals surface area contributed by atoms with Gasteiger partial charge in [0, 0.05) is 24.3 Å². The van der Waals surface area contributed by atoms with Gasteiger partial charge >= 0.3 is 5.97 Å². The van der Waals surface area contributed by atoms with Crippen molar-refractivity contribution in [3.63, 3.8) is 0 Å². The fourth-order valence-corrected chi connectivity index (χ4v) is 2.83. The van der Waals surface area contributed by atoms with Crippen molar-refractivity contribution in [3.05, 3.63) is 54.1 Å². The summed E-state index contributed by atoms with van der Waals surface area (Å²) >= 11 is 0. The van der Waals surface area contributed by atoms with Crippen LogP contribution >= 0.6 is 0 Å². The van der Waals surface area contributed by atoms with Gasteiger partial charge in [0.1, 0.15) is 5.75 Å². The van der Waals surface area contributed by atoms with Crippen molar-refractivity contribution in [2.24, 2.45) is 5.92 Å². The maximum Gasteiger partial charge on any atom is 0.308 e. The molecule has 2 amide bonds. The largest absolute Gasteiger partial charge is 0.484 e. The lowest BCUT2D eigenvalue weighted by atomic mass is 10.1. The summed E-state index contributed by atoms with van der Waals surface area (Å²) in [5.41, 5.74) is 2.42. The van der Waals surface area contributed by atoms with Gasteiger partial charge in [0.25, 0.3) is 5.91 Å². The Balaban J connectivity index is 1.53. The molecule has 2 aromatic rings. The minimum atomic E-state index is -0.967. The third-order valence-electron chi connectivity index (χ3n) is 4.33. The topological polar surface area (TPSA) is 95.9 Å². The number of carbonyl (C=O) groups is 3. The third-order valence-corrected chi connectivity index (χ3v) is 4.33. The Morgan fingerprint density at radius 2 is 1.81 bits per heavy atom. The molecule has 0 spiro atoms. The first kappa shape index (κ1) is 18.4. The normalized spacial score (nSPS) is 16.3. The lowest BCUT2D eigenvalue weighted by Crippen LogP contribution is -2.25. The summed E-state index contributed by atoms with van der Waals surface area (Å²) in [5, 5.41) is 11.8. The monoisotopic (exact) mass is 368 g/mol. The molecule has 2 N–H and O–H groups in total. The number of aryl methyl sites for hydroxylation is 1. The van der Waals surface area contributed by atoms with Crippen LogP contribution in [0.1, 0.15) is 12.0 Å². The van der Waals surface area contributed by atoms with Crippen LogP contribution in [0.4, 0.5) is 11.4 Å². The molecule has 7 nitrogen and oxygen atoms in total. The molecule has 7 heteroatoms. The smallest absolute Gasteiger partial charge is 0.308 e. The fourth-order valence-electron chi connectivity index (χ4n) is 2.83. The summed E-state index contributed by atoms with van der Waals surface area (Å²) in [6, 6.07) is 14.1. The third kappa shape index (κ3) is 4.63. The van der Waals surface area contributed by atoms with Crippen molar-refractivity contribution in [1.29, 1.82) is 0 Å². The zero-order valence-corrected chi connectivity index (χ0v) is 14.8. The average Bonchev–Trinajstić information content (AvgIpc) is 3.04. The minimum absolute atomic E-state index is 0.00671. The van der Waals surface area contributed by atoms with E-state index in [9.17, 15) is 14.4 Å². The number of nitrogens with zero attached hydrogens (tertiary/aromatic N) is 1. The minimum Gasteiger partial charge on any atom is -0.484 e. The average molecular weight is 368 g/mol. The molecule has 0 aliphatic carbocycles. The van der Waals surface area contributed by atoms with Crippen LogP contribution in [-0.2, 0) is 14.4 Å². The first-order chi connectivity index (χ1) is 12.9.